The van der Waals surface area contributed by atoms with Crippen molar-refractivity contribution in [3.8, 4) is 5.75 Å². The number of ether oxygens (including phenoxy) is 1. The highest BCUT2D eigenvalue weighted by Gasteiger charge is 2.31. The normalized spacial score (nSPS) is 18.1. The van der Waals surface area contributed by atoms with E-state index in [1.165, 1.54) is 32.2 Å². The molecule has 2 aromatic rings. The van der Waals surface area contributed by atoms with Crippen molar-refractivity contribution in [2.75, 3.05) is 19.0 Å². The lowest BCUT2D eigenvalue weighted by molar-refractivity contribution is -0.132. The van der Waals surface area contributed by atoms with Crippen molar-refractivity contribution in [2.45, 2.75) is 49.6 Å². The van der Waals surface area contributed by atoms with Gasteiger partial charge in [0.2, 0.25) is 21.8 Å². The summed E-state index contributed by atoms with van der Waals surface area (Å²) in [5.74, 6) is -0.0636. The quantitative estimate of drug-likeness (QED) is 0.665. The Morgan fingerprint density at radius 1 is 1.16 bits per heavy atom. The Kier molecular flexibility index (Phi) is 6.21. The van der Waals surface area contributed by atoms with Crippen LogP contribution in [0.25, 0.3) is 0 Å². The number of sulfonamides is 1. The molecule has 1 aliphatic carbocycles. The van der Waals surface area contributed by atoms with Crippen LogP contribution in [0.15, 0.2) is 47.4 Å². The molecule has 1 saturated carbocycles. The first-order valence-electron chi connectivity index (χ1n) is 10.6. The van der Waals surface area contributed by atoms with Crippen molar-refractivity contribution in [2.24, 2.45) is 0 Å². The van der Waals surface area contributed by atoms with E-state index < -0.39 is 10.0 Å². The molecule has 1 aliphatic heterocycles. The average Bonchev–Trinajstić information content (AvgIpc) is 3.57. The second-order valence-electron chi connectivity index (χ2n) is 8.19. The minimum Gasteiger partial charge on any atom is -0.495 e. The summed E-state index contributed by atoms with van der Waals surface area (Å²) in [6.07, 6.45) is 2.45. The minimum absolute atomic E-state index is 0.0240. The first-order valence-corrected chi connectivity index (χ1v) is 12.1. The average molecular weight is 458 g/mol. The number of carbonyl (C=O) groups excluding carboxylic acids is 2. The van der Waals surface area contributed by atoms with Gasteiger partial charge in [0.15, 0.2) is 0 Å². The first-order chi connectivity index (χ1) is 15.3. The van der Waals surface area contributed by atoms with Crippen LogP contribution < -0.4 is 14.8 Å². The summed E-state index contributed by atoms with van der Waals surface area (Å²) in [4.78, 5) is 27.0. The van der Waals surface area contributed by atoms with Gasteiger partial charge in [-0.3, -0.25) is 9.59 Å². The number of rotatable bonds is 7. The third kappa shape index (κ3) is 4.78. The molecule has 4 rings (SSSR count). The number of nitrogens with one attached hydrogen (secondary N) is 2. The highest BCUT2D eigenvalue weighted by Crippen LogP contribution is 2.34. The fraction of sp³-hybridized carbons (Fsp3) is 0.391. The minimum atomic E-state index is -3.68. The smallest absolute Gasteiger partial charge is 0.240 e. The SMILES string of the molecule is COc1ccc(S(=O)(=O)NC2CC2)cc1NC(=O)CC1c2ccccc2CCN1C(C)=O. The lowest BCUT2D eigenvalue weighted by Crippen LogP contribution is -2.40. The molecule has 0 spiro atoms. The van der Waals surface area contributed by atoms with Crippen molar-refractivity contribution in [1.82, 2.24) is 9.62 Å². The van der Waals surface area contributed by atoms with Crippen molar-refractivity contribution in [3.63, 3.8) is 0 Å². The van der Waals surface area contributed by atoms with Gasteiger partial charge >= 0.3 is 0 Å². The van der Waals surface area contributed by atoms with Crippen LogP contribution in [0, 0.1) is 0 Å². The largest absolute Gasteiger partial charge is 0.495 e. The van der Waals surface area contributed by atoms with E-state index in [9.17, 15) is 18.0 Å². The van der Waals surface area contributed by atoms with Crippen LogP contribution in [0.5, 0.6) is 5.75 Å². The third-order valence-corrected chi connectivity index (χ3v) is 7.37. The fourth-order valence-electron chi connectivity index (χ4n) is 4.07. The van der Waals surface area contributed by atoms with Gasteiger partial charge < -0.3 is 15.0 Å². The van der Waals surface area contributed by atoms with Gasteiger partial charge in [-0.1, -0.05) is 24.3 Å². The highest BCUT2D eigenvalue weighted by molar-refractivity contribution is 7.89. The fourth-order valence-corrected chi connectivity index (χ4v) is 5.40. The molecule has 0 bridgehead atoms. The van der Waals surface area contributed by atoms with E-state index in [1.54, 1.807) is 4.90 Å². The Hall–Kier alpha value is -2.91. The number of hydrogen-bond donors (Lipinski definition) is 2. The van der Waals surface area contributed by atoms with E-state index in [-0.39, 0.29) is 40.9 Å². The maximum Gasteiger partial charge on any atom is 0.240 e. The molecule has 32 heavy (non-hydrogen) atoms. The third-order valence-electron chi connectivity index (χ3n) is 5.85. The van der Waals surface area contributed by atoms with Gasteiger partial charge in [0.25, 0.3) is 0 Å². The molecule has 0 aromatic heterocycles. The van der Waals surface area contributed by atoms with E-state index in [0.717, 1.165) is 30.4 Å². The Labute approximate surface area is 188 Å². The molecule has 9 heteroatoms. The lowest BCUT2D eigenvalue weighted by Gasteiger charge is -2.36. The molecular weight excluding hydrogens is 430 g/mol. The molecule has 1 atom stereocenters. The van der Waals surface area contributed by atoms with Gasteiger partial charge in [-0.05, 0) is 48.6 Å². The Bertz CT molecular complexity index is 1140. The van der Waals surface area contributed by atoms with Crippen molar-refractivity contribution in [1.29, 1.82) is 0 Å². The van der Waals surface area contributed by atoms with Crippen molar-refractivity contribution in [3.05, 3.63) is 53.6 Å². The molecule has 1 unspecified atom stereocenters. The Morgan fingerprint density at radius 2 is 1.91 bits per heavy atom. The number of nitrogens with zero attached hydrogens (tertiary/aromatic N) is 1. The van der Waals surface area contributed by atoms with Gasteiger partial charge in [0, 0.05) is 19.5 Å². The van der Waals surface area contributed by atoms with Crippen LogP contribution in [0.3, 0.4) is 0 Å². The second-order valence-corrected chi connectivity index (χ2v) is 9.90. The first kappa shape index (κ1) is 22.3. The van der Waals surface area contributed by atoms with Gasteiger partial charge in [-0.2, -0.15) is 0 Å². The predicted molar refractivity (Wildman–Crippen MR) is 120 cm³/mol. The molecule has 0 saturated heterocycles. The van der Waals surface area contributed by atoms with Crippen molar-refractivity contribution < 1.29 is 22.7 Å². The maximum absolute atomic E-state index is 13.0. The number of carbonyl (C=O) groups is 2. The topological polar surface area (TPSA) is 105 Å². The maximum atomic E-state index is 13.0. The number of amides is 2. The van der Waals surface area contributed by atoms with E-state index >= 15 is 0 Å². The summed E-state index contributed by atoms with van der Waals surface area (Å²) >= 11 is 0. The zero-order chi connectivity index (χ0) is 22.9. The molecular formula is C23H27N3O5S. The highest BCUT2D eigenvalue weighted by atomic mass is 32.2. The summed E-state index contributed by atoms with van der Waals surface area (Å²) in [5.41, 5.74) is 2.36. The summed E-state index contributed by atoms with van der Waals surface area (Å²) in [6, 6.07) is 11.8. The van der Waals surface area contributed by atoms with E-state index in [2.05, 4.69) is 10.0 Å². The van der Waals surface area contributed by atoms with Crippen LogP contribution in [0.1, 0.15) is 43.4 Å². The second kappa shape index (κ2) is 8.91. The number of anilines is 1. The van der Waals surface area contributed by atoms with E-state index in [4.69, 9.17) is 4.74 Å². The van der Waals surface area contributed by atoms with Crippen LogP contribution in [-0.2, 0) is 26.0 Å². The van der Waals surface area contributed by atoms with Crippen molar-refractivity contribution >= 4 is 27.5 Å². The zero-order valence-electron chi connectivity index (χ0n) is 18.1. The number of methoxy groups -OCH3 is 1. The Morgan fingerprint density at radius 3 is 2.59 bits per heavy atom. The number of hydrogen-bond acceptors (Lipinski definition) is 5. The molecule has 170 valence electrons. The predicted octanol–water partition coefficient (Wildman–Crippen LogP) is 2.61. The molecule has 8 nitrogen and oxygen atoms in total. The summed E-state index contributed by atoms with van der Waals surface area (Å²) < 4.78 is 33.1. The van der Waals surface area contributed by atoms with Gasteiger partial charge in [0.05, 0.1) is 30.2 Å². The van der Waals surface area contributed by atoms with Crippen LogP contribution >= 0.6 is 0 Å². The molecule has 2 N–H and O–H groups in total. The summed E-state index contributed by atoms with van der Waals surface area (Å²) in [6.45, 7) is 2.05. The molecule has 0 radical (unpaired) electrons. The standard InChI is InChI=1S/C23H27N3O5S/c1-15(27)26-12-11-16-5-3-4-6-19(16)21(26)14-23(28)24-20-13-18(9-10-22(20)31-2)32(29,30)25-17-7-8-17/h3-6,9-10,13,17,21,25H,7-8,11-12,14H2,1-2H3,(H,24,28). The monoisotopic (exact) mass is 457 g/mol. The zero-order valence-corrected chi connectivity index (χ0v) is 18.9. The van der Waals surface area contributed by atoms with Gasteiger partial charge in [0.1, 0.15) is 5.75 Å². The molecule has 2 aromatic carbocycles. The van der Waals surface area contributed by atoms with Gasteiger partial charge in [-0.25, -0.2) is 13.1 Å². The van der Waals surface area contributed by atoms with E-state index in [0.29, 0.717) is 12.3 Å². The van der Waals surface area contributed by atoms with E-state index in [1.807, 2.05) is 24.3 Å². The van der Waals surface area contributed by atoms with Crippen LogP contribution in [-0.4, -0.2) is 44.8 Å². The molecule has 1 fully saturated rings. The molecule has 2 aliphatic rings. The van der Waals surface area contributed by atoms with Gasteiger partial charge in [-0.15, -0.1) is 0 Å². The number of benzene rings is 2. The Balaban J connectivity index is 1.57. The summed E-state index contributed by atoms with van der Waals surface area (Å²) in [5, 5.41) is 2.79. The molecule has 2 amide bonds. The summed E-state index contributed by atoms with van der Waals surface area (Å²) in [7, 11) is -2.22. The van der Waals surface area contributed by atoms with Crippen LogP contribution in [0.4, 0.5) is 5.69 Å². The lowest BCUT2D eigenvalue weighted by atomic mass is 9.90. The number of fused-ring (bicyclic) bond motifs is 1. The van der Waals surface area contributed by atoms with Crippen LogP contribution in [0.2, 0.25) is 0 Å². The molecule has 1 heterocycles.